The van der Waals surface area contributed by atoms with Crippen LogP contribution in [0.1, 0.15) is 174 Å². The highest BCUT2D eigenvalue weighted by molar-refractivity contribution is 5.43. The fraction of sp³-hybridized carbons (Fsp3) is 0.520. The summed E-state index contributed by atoms with van der Waals surface area (Å²) in [6.07, 6.45) is 32.0. The van der Waals surface area contributed by atoms with Gasteiger partial charge in [0.15, 0.2) is 0 Å². The molecule has 0 atom stereocenters. The quantitative estimate of drug-likeness (QED) is 0.0480. The fourth-order valence-corrected chi connectivity index (χ4v) is 7.87. The van der Waals surface area contributed by atoms with Gasteiger partial charge in [-0.2, -0.15) is 0 Å². The van der Waals surface area contributed by atoms with Gasteiger partial charge < -0.3 is 11.5 Å². The maximum Gasteiger partial charge on any atom is 0.0314 e. The first kappa shape index (κ1) is 41.2. The third kappa shape index (κ3) is 16.0. The smallest absolute Gasteiger partial charge is 0.0314 e. The van der Waals surface area contributed by atoms with Crippen molar-refractivity contribution >= 4 is 11.4 Å². The molecule has 0 amide bonds. The molecule has 0 aliphatic heterocycles. The lowest BCUT2D eigenvalue weighted by Crippen LogP contribution is -1.97. The standard InChI is InChI=1S/C50H72N2/c1-3-45-37-41(25-31-47(45)39-43-27-33-49(51)34-28-43)23-21-19-17-15-13-11-9-7-5-6-8-10-12-14-16-18-20-22-24-42-26-32-48(46(4-2)38-42)40-44-29-35-50(52)36-30-44/h25-38H,3-24,39-40,51-52H2,1-2H3. The highest BCUT2D eigenvalue weighted by atomic mass is 14.5. The maximum atomic E-state index is 5.86. The Morgan fingerprint density at radius 1 is 0.308 bits per heavy atom. The molecule has 4 aromatic rings. The molecule has 0 radical (unpaired) electrons. The van der Waals surface area contributed by atoms with Crippen LogP contribution in [0.3, 0.4) is 0 Å². The van der Waals surface area contributed by atoms with Crippen molar-refractivity contribution in [3.63, 3.8) is 0 Å². The lowest BCUT2D eigenvalue weighted by atomic mass is 9.94. The van der Waals surface area contributed by atoms with Gasteiger partial charge >= 0.3 is 0 Å². The van der Waals surface area contributed by atoms with Gasteiger partial charge in [0.05, 0.1) is 0 Å². The molecule has 0 unspecified atom stereocenters. The Labute approximate surface area is 319 Å². The molecule has 282 valence electrons. The van der Waals surface area contributed by atoms with Gasteiger partial charge in [-0.25, -0.2) is 0 Å². The second-order valence-corrected chi connectivity index (χ2v) is 15.6. The van der Waals surface area contributed by atoms with Crippen LogP contribution < -0.4 is 11.5 Å². The van der Waals surface area contributed by atoms with Gasteiger partial charge in [-0.05, 0) is 120 Å². The third-order valence-corrected chi connectivity index (χ3v) is 11.2. The minimum atomic E-state index is 0.839. The molecular formula is C50H72N2. The molecule has 0 aromatic heterocycles. The molecule has 0 bridgehead atoms. The van der Waals surface area contributed by atoms with E-state index in [2.05, 4.69) is 74.5 Å². The summed E-state index contributed by atoms with van der Waals surface area (Å²) in [5.74, 6) is 0. The lowest BCUT2D eigenvalue weighted by Gasteiger charge is -2.11. The molecule has 52 heavy (non-hydrogen) atoms. The molecule has 4 aromatic carbocycles. The molecule has 4 N–H and O–H groups in total. The van der Waals surface area contributed by atoms with E-state index in [-0.39, 0.29) is 0 Å². The Morgan fingerprint density at radius 3 is 0.865 bits per heavy atom. The first-order valence-electron chi connectivity index (χ1n) is 21.4. The van der Waals surface area contributed by atoms with Crippen molar-refractivity contribution in [2.45, 2.75) is 168 Å². The molecule has 0 saturated carbocycles. The lowest BCUT2D eigenvalue weighted by molar-refractivity contribution is 0.524. The van der Waals surface area contributed by atoms with Crippen LogP contribution in [0, 0.1) is 0 Å². The summed E-state index contributed by atoms with van der Waals surface area (Å²) < 4.78 is 0. The van der Waals surface area contributed by atoms with Crippen LogP contribution in [0.15, 0.2) is 84.9 Å². The highest BCUT2D eigenvalue weighted by Crippen LogP contribution is 2.22. The number of unbranched alkanes of at least 4 members (excludes halogenated alkanes) is 17. The first-order chi connectivity index (χ1) is 25.5. The second-order valence-electron chi connectivity index (χ2n) is 15.6. The molecule has 0 heterocycles. The number of anilines is 2. The van der Waals surface area contributed by atoms with Crippen LogP contribution in [-0.4, -0.2) is 0 Å². The van der Waals surface area contributed by atoms with Gasteiger partial charge in [0.25, 0.3) is 0 Å². The van der Waals surface area contributed by atoms with Crippen LogP contribution >= 0.6 is 0 Å². The molecule has 2 heteroatoms. The van der Waals surface area contributed by atoms with E-state index in [1.807, 2.05) is 24.3 Å². The summed E-state index contributed by atoms with van der Waals surface area (Å²) in [4.78, 5) is 0. The van der Waals surface area contributed by atoms with Gasteiger partial charge in [-0.1, -0.05) is 177 Å². The van der Waals surface area contributed by atoms with Crippen LogP contribution in [0.5, 0.6) is 0 Å². The molecule has 4 rings (SSSR count). The van der Waals surface area contributed by atoms with E-state index in [4.69, 9.17) is 11.5 Å². The van der Waals surface area contributed by atoms with Crippen molar-refractivity contribution in [1.82, 2.24) is 0 Å². The number of nitrogen functional groups attached to an aromatic ring is 2. The van der Waals surface area contributed by atoms with Crippen LogP contribution in [0.4, 0.5) is 11.4 Å². The zero-order valence-corrected chi connectivity index (χ0v) is 33.2. The zero-order chi connectivity index (χ0) is 36.6. The second kappa shape index (κ2) is 24.7. The third-order valence-electron chi connectivity index (χ3n) is 11.2. The van der Waals surface area contributed by atoms with E-state index >= 15 is 0 Å². The summed E-state index contributed by atoms with van der Waals surface area (Å²) in [5, 5.41) is 0. The maximum absolute atomic E-state index is 5.86. The van der Waals surface area contributed by atoms with Crippen LogP contribution in [0.2, 0.25) is 0 Å². The van der Waals surface area contributed by atoms with Gasteiger partial charge in [0.2, 0.25) is 0 Å². The van der Waals surface area contributed by atoms with Crippen molar-refractivity contribution in [2.75, 3.05) is 11.5 Å². The van der Waals surface area contributed by atoms with Crippen molar-refractivity contribution in [1.29, 1.82) is 0 Å². The van der Waals surface area contributed by atoms with Crippen molar-refractivity contribution in [3.05, 3.63) is 129 Å². The number of aryl methyl sites for hydroxylation is 4. The number of nitrogens with two attached hydrogens (primary N) is 2. The van der Waals surface area contributed by atoms with E-state index in [1.165, 1.54) is 173 Å². The summed E-state index contributed by atoms with van der Waals surface area (Å²) in [7, 11) is 0. The zero-order valence-electron chi connectivity index (χ0n) is 33.2. The highest BCUT2D eigenvalue weighted by Gasteiger charge is 2.07. The largest absolute Gasteiger partial charge is 0.399 e. The molecule has 0 fully saturated rings. The first-order valence-corrected chi connectivity index (χ1v) is 21.4. The van der Waals surface area contributed by atoms with Crippen molar-refractivity contribution in [3.8, 4) is 0 Å². The molecular weight excluding hydrogens is 629 g/mol. The minimum absolute atomic E-state index is 0.839. The average Bonchev–Trinajstić information content (AvgIpc) is 3.16. The molecule has 0 aliphatic rings. The van der Waals surface area contributed by atoms with Gasteiger partial charge in [-0.3, -0.25) is 0 Å². The fourth-order valence-electron chi connectivity index (χ4n) is 7.87. The van der Waals surface area contributed by atoms with Crippen LogP contribution in [0.25, 0.3) is 0 Å². The Hall–Kier alpha value is -3.52. The summed E-state index contributed by atoms with van der Waals surface area (Å²) >= 11 is 0. The molecule has 0 aliphatic carbocycles. The van der Waals surface area contributed by atoms with Crippen molar-refractivity contribution in [2.24, 2.45) is 0 Å². The number of benzene rings is 4. The number of hydrogen-bond acceptors (Lipinski definition) is 2. The van der Waals surface area contributed by atoms with Crippen molar-refractivity contribution < 1.29 is 0 Å². The van der Waals surface area contributed by atoms with E-state index in [1.54, 1.807) is 0 Å². The predicted molar refractivity (Wildman–Crippen MR) is 229 cm³/mol. The predicted octanol–water partition coefficient (Wildman–Crippen LogP) is 14.0. The Balaban J connectivity index is 0.903. The Morgan fingerprint density at radius 2 is 0.577 bits per heavy atom. The number of hydrogen-bond donors (Lipinski definition) is 2. The molecule has 0 spiro atoms. The van der Waals surface area contributed by atoms with Gasteiger partial charge in [0, 0.05) is 11.4 Å². The Kier molecular flexibility index (Phi) is 19.6. The van der Waals surface area contributed by atoms with Gasteiger partial charge in [-0.15, -0.1) is 0 Å². The minimum Gasteiger partial charge on any atom is -0.399 e. The monoisotopic (exact) mass is 701 g/mol. The summed E-state index contributed by atoms with van der Waals surface area (Å²) in [5.41, 5.74) is 25.0. The SMILES string of the molecule is CCc1cc(CCCCCCCCCCCCCCCCCCCCc2ccc(Cc3ccc(N)cc3)c(CC)c2)ccc1Cc1ccc(N)cc1. The average molecular weight is 701 g/mol. The summed E-state index contributed by atoms with van der Waals surface area (Å²) in [6, 6.07) is 31.0. The number of rotatable bonds is 27. The van der Waals surface area contributed by atoms with E-state index in [0.717, 1.165) is 37.1 Å². The van der Waals surface area contributed by atoms with E-state index in [0.29, 0.717) is 0 Å². The van der Waals surface area contributed by atoms with Gasteiger partial charge in [0.1, 0.15) is 0 Å². The van der Waals surface area contributed by atoms with E-state index < -0.39 is 0 Å². The summed E-state index contributed by atoms with van der Waals surface area (Å²) in [6.45, 7) is 4.56. The molecule has 0 saturated heterocycles. The topological polar surface area (TPSA) is 52.0 Å². The van der Waals surface area contributed by atoms with E-state index in [9.17, 15) is 0 Å². The Bertz CT molecular complexity index is 1400. The van der Waals surface area contributed by atoms with Crippen LogP contribution in [-0.2, 0) is 38.5 Å². The normalized spacial score (nSPS) is 11.3. The molecule has 2 nitrogen and oxygen atoms in total.